The van der Waals surface area contributed by atoms with E-state index in [1.807, 2.05) is 6.07 Å². The first-order valence-corrected chi connectivity index (χ1v) is 6.90. The zero-order valence-electron chi connectivity index (χ0n) is 8.94. The van der Waals surface area contributed by atoms with Crippen molar-refractivity contribution in [2.75, 3.05) is 23.5 Å². The highest BCUT2D eigenvalue weighted by molar-refractivity contribution is 7.92. The molecule has 0 aromatic heterocycles. The monoisotopic (exact) mass is 263 g/mol. The highest BCUT2D eigenvalue weighted by Crippen LogP contribution is 2.13. The van der Waals surface area contributed by atoms with Gasteiger partial charge >= 0.3 is 0 Å². The van der Waals surface area contributed by atoms with Crippen molar-refractivity contribution in [2.45, 2.75) is 6.61 Å². The van der Waals surface area contributed by atoms with Crippen LogP contribution in [-0.4, -0.2) is 27.2 Å². The van der Waals surface area contributed by atoms with Gasteiger partial charge in [-0.2, -0.15) is 0 Å². The minimum absolute atomic E-state index is 0.0765. The van der Waals surface area contributed by atoms with E-state index in [0.717, 1.165) is 5.56 Å². The number of halogens is 1. The summed E-state index contributed by atoms with van der Waals surface area (Å²) < 4.78 is 30.3. The largest absolute Gasteiger partial charge is 0.380 e. The molecule has 0 aliphatic carbocycles. The molecule has 0 heterocycles. The zero-order chi connectivity index (χ0) is 12.0. The molecular formula is C10H14ClNO3S. The van der Waals surface area contributed by atoms with Crippen molar-refractivity contribution in [1.82, 2.24) is 0 Å². The summed E-state index contributed by atoms with van der Waals surface area (Å²) in [5.74, 6) is -0.0177. The van der Waals surface area contributed by atoms with Gasteiger partial charge in [0.15, 0.2) is 0 Å². The number of nitrogens with one attached hydrogen (secondary N) is 1. The third-order valence-corrected chi connectivity index (χ3v) is 3.56. The van der Waals surface area contributed by atoms with Crippen molar-refractivity contribution >= 4 is 27.3 Å². The number of ether oxygens (including phenoxy) is 1. The average Bonchev–Trinajstić information content (AvgIpc) is 2.17. The Kier molecular flexibility index (Phi) is 5.05. The molecule has 1 aromatic carbocycles. The first-order valence-electron chi connectivity index (χ1n) is 4.72. The lowest BCUT2D eigenvalue weighted by atomic mass is 10.2. The number of hydrogen-bond donors (Lipinski definition) is 1. The van der Waals surface area contributed by atoms with Gasteiger partial charge in [-0.25, -0.2) is 8.42 Å². The van der Waals surface area contributed by atoms with Gasteiger partial charge in [0, 0.05) is 18.7 Å². The van der Waals surface area contributed by atoms with Crippen molar-refractivity contribution in [2.24, 2.45) is 0 Å². The van der Waals surface area contributed by atoms with E-state index in [0.29, 0.717) is 12.3 Å². The highest BCUT2D eigenvalue weighted by atomic mass is 35.5. The van der Waals surface area contributed by atoms with Crippen LogP contribution in [0.4, 0.5) is 5.69 Å². The first kappa shape index (κ1) is 13.3. The summed E-state index contributed by atoms with van der Waals surface area (Å²) in [6, 6.07) is 7.05. The minimum Gasteiger partial charge on any atom is -0.380 e. The molecule has 0 atom stereocenters. The van der Waals surface area contributed by atoms with E-state index in [9.17, 15) is 8.42 Å². The van der Waals surface area contributed by atoms with Crippen LogP contribution in [0.5, 0.6) is 0 Å². The molecule has 1 N–H and O–H groups in total. The molecule has 90 valence electrons. The standard InChI is InChI=1S/C10H14ClNO3S/c1-15-8-9-3-2-4-10(7-9)12-16(13,14)6-5-11/h2-4,7,12H,5-6,8H2,1H3. The molecule has 0 bridgehead atoms. The molecule has 0 spiro atoms. The quantitative estimate of drug-likeness (QED) is 0.797. The van der Waals surface area contributed by atoms with Crippen LogP contribution in [0.2, 0.25) is 0 Å². The smallest absolute Gasteiger partial charge is 0.233 e. The molecule has 1 rings (SSSR count). The second-order valence-corrected chi connectivity index (χ2v) is 5.46. The van der Waals surface area contributed by atoms with Gasteiger partial charge < -0.3 is 4.74 Å². The van der Waals surface area contributed by atoms with Gasteiger partial charge in [0.2, 0.25) is 10.0 Å². The van der Waals surface area contributed by atoms with Gasteiger partial charge in [0.25, 0.3) is 0 Å². The number of methoxy groups -OCH3 is 1. The maximum Gasteiger partial charge on any atom is 0.233 e. The van der Waals surface area contributed by atoms with Crippen molar-refractivity contribution in [3.05, 3.63) is 29.8 Å². The Morgan fingerprint density at radius 3 is 2.81 bits per heavy atom. The Hall–Kier alpha value is -0.780. The van der Waals surface area contributed by atoms with Crippen molar-refractivity contribution in [3.63, 3.8) is 0 Å². The Morgan fingerprint density at radius 1 is 1.44 bits per heavy atom. The van der Waals surface area contributed by atoms with Crippen molar-refractivity contribution in [1.29, 1.82) is 0 Å². The molecule has 1 aromatic rings. The summed E-state index contributed by atoms with van der Waals surface area (Å²) in [4.78, 5) is 0. The van der Waals surface area contributed by atoms with Gasteiger partial charge in [-0.1, -0.05) is 12.1 Å². The topological polar surface area (TPSA) is 55.4 Å². The van der Waals surface area contributed by atoms with Gasteiger partial charge in [-0.15, -0.1) is 11.6 Å². The number of hydrogen-bond acceptors (Lipinski definition) is 3. The Morgan fingerprint density at radius 2 is 2.19 bits per heavy atom. The first-order chi connectivity index (χ1) is 7.57. The fraction of sp³-hybridized carbons (Fsp3) is 0.400. The summed E-state index contributed by atoms with van der Waals surface area (Å²) in [6.07, 6.45) is 0. The van der Waals surface area contributed by atoms with Crippen LogP contribution in [0.1, 0.15) is 5.56 Å². The summed E-state index contributed by atoms with van der Waals surface area (Å²) in [7, 11) is -1.75. The zero-order valence-corrected chi connectivity index (χ0v) is 10.5. The number of alkyl halides is 1. The average molecular weight is 264 g/mol. The van der Waals surface area contributed by atoms with Crippen LogP contribution >= 0.6 is 11.6 Å². The van der Waals surface area contributed by atoms with Crippen LogP contribution in [0, 0.1) is 0 Å². The van der Waals surface area contributed by atoms with Gasteiger partial charge in [-0.3, -0.25) is 4.72 Å². The fourth-order valence-corrected chi connectivity index (χ4v) is 2.62. The molecule has 0 saturated carbocycles. The molecule has 6 heteroatoms. The number of benzene rings is 1. The van der Waals surface area contributed by atoms with Crippen LogP contribution in [0.15, 0.2) is 24.3 Å². The Balaban J connectivity index is 2.77. The van der Waals surface area contributed by atoms with Crippen molar-refractivity contribution < 1.29 is 13.2 Å². The Labute approximate surface area is 101 Å². The van der Waals surface area contributed by atoms with Gasteiger partial charge in [-0.05, 0) is 17.7 Å². The van der Waals surface area contributed by atoms with Gasteiger partial charge in [0.1, 0.15) is 0 Å². The lowest BCUT2D eigenvalue weighted by Gasteiger charge is -2.08. The highest BCUT2D eigenvalue weighted by Gasteiger charge is 2.09. The second kappa shape index (κ2) is 6.08. The van der Waals surface area contributed by atoms with E-state index >= 15 is 0 Å². The molecule has 0 saturated heterocycles. The van der Waals surface area contributed by atoms with E-state index in [-0.39, 0.29) is 11.6 Å². The minimum atomic E-state index is -3.34. The van der Waals surface area contributed by atoms with E-state index in [2.05, 4.69) is 4.72 Å². The predicted molar refractivity (Wildman–Crippen MR) is 65.3 cm³/mol. The van der Waals surface area contributed by atoms with E-state index in [1.54, 1.807) is 25.3 Å². The number of rotatable bonds is 6. The lowest BCUT2D eigenvalue weighted by molar-refractivity contribution is 0.185. The fourth-order valence-electron chi connectivity index (χ4n) is 1.22. The summed E-state index contributed by atoms with van der Waals surface area (Å²) in [5.41, 5.74) is 1.44. The summed E-state index contributed by atoms with van der Waals surface area (Å²) >= 11 is 5.39. The number of anilines is 1. The molecule has 0 aliphatic heterocycles. The molecule has 0 fully saturated rings. The second-order valence-electron chi connectivity index (χ2n) is 3.24. The van der Waals surface area contributed by atoms with Crippen LogP contribution < -0.4 is 4.72 Å². The molecule has 0 unspecified atom stereocenters. The third-order valence-electron chi connectivity index (χ3n) is 1.86. The van der Waals surface area contributed by atoms with E-state index < -0.39 is 10.0 Å². The molecule has 4 nitrogen and oxygen atoms in total. The molecule has 0 aliphatic rings. The molecule has 16 heavy (non-hydrogen) atoms. The summed E-state index contributed by atoms with van der Waals surface area (Å²) in [6.45, 7) is 0.449. The maximum atomic E-state index is 11.4. The van der Waals surface area contributed by atoms with Crippen LogP contribution in [-0.2, 0) is 21.4 Å². The maximum absolute atomic E-state index is 11.4. The lowest BCUT2D eigenvalue weighted by Crippen LogP contribution is -2.17. The number of sulfonamides is 1. The predicted octanol–water partition coefficient (Wildman–Crippen LogP) is 1.81. The van der Waals surface area contributed by atoms with Crippen LogP contribution in [0.25, 0.3) is 0 Å². The van der Waals surface area contributed by atoms with Crippen molar-refractivity contribution in [3.8, 4) is 0 Å². The normalized spacial score (nSPS) is 11.4. The molecular weight excluding hydrogens is 250 g/mol. The molecule has 0 radical (unpaired) electrons. The summed E-state index contributed by atoms with van der Waals surface area (Å²) in [5, 5.41) is 0. The van der Waals surface area contributed by atoms with Gasteiger partial charge in [0.05, 0.1) is 12.4 Å². The third kappa shape index (κ3) is 4.38. The van der Waals surface area contributed by atoms with E-state index in [1.165, 1.54) is 0 Å². The Bertz CT molecular complexity index is 433. The molecule has 0 amide bonds. The SMILES string of the molecule is COCc1cccc(NS(=O)(=O)CCCl)c1. The van der Waals surface area contributed by atoms with Crippen LogP contribution in [0.3, 0.4) is 0 Å². The van der Waals surface area contributed by atoms with E-state index in [4.69, 9.17) is 16.3 Å².